The van der Waals surface area contributed by atoms with Gasteiger partial charge in [-0.3, -0.25) is 4.57 Å². The van der Waals surface area contributed by atoms with Gasteiger partial charge in [-0.25, -0.2) is 15.0 Å². The highest BCUT2D eigenvalue weighted by molar-refractivity contribution is 5.81. The van der Waals surface area contributed by atoms with E-state index < -0.39 is 18.4 Å². The second-order valence-corrected chi connectivity index (χ2v) is 6.85. The Kier molecular flexibility index (Phi) is 4.55. The highest BCUT2D eigenvalue weighted by atomic mass is 16.5. The minimum Gasteiger partial charge on any atom is -0.394 e. The van der Waals surface area contributed by atoms with Gasteiger partial charge in [0.1, 0.15) is 24.1 Å². The average molecular weight is 348 g/mol. The minimum absolute atomic E-state index is 0.165. The molecule has 0 spiro atoms. The van der Waals surface area contributed by atoms with Crippen molar-refractivity contribution in [1.29, 1.82) is 0 Å². The Morgan fingerprint density at radius 3 is 2.80 bits per heavy atom. The fourth-order valence-corrected chi connectivity index (χ4v) is 3.93. The van der Waals surface area contributed by atoms with Crippen LogP contribution in [0.2, 0.25) is 0 Å². The summed E-state index contributed by atoms with van der Waals surface area (Å²) in [4.78, 5) is 12.4. The molecule has 9 nitrogen and oxygen atoms in total. The first-order valence-electron chi connectivity index (χ1n) is 8.82. The molecule has 2 aromatic rings. The molecule has 2 aromatic heterocycles. The van der Waals surface area contributed by atoms with E-state index in [-0.39, 0.29) is 18.5 Å². The summed E-state index contributed by atoms with van der Waals surface area (Å²) in [6.45, 7) is -0.165. The number of fused-ring (bicyclic) bond motifs is 1. The van der Waals surface area contributed by atoms with Crippen LogP contribution >= 0.6 is 0 Å². The molecule has 25 heavy (non-hydrogen) atoms. The van der Waals surface area contributed by atoms with Gasteiger partial charge in [0.2, 0.25) is 0 Å². The molecule has 0 bridgehead atoms. The molecule has 1 aliphatic carbocycles. The van der Waals surface area contributed by atoms with Crippen LogP contribution in [-0.2, 0) is 4.74 Å². The van der Waals surface area contributed by atoms with Crippen LogP contribution < -0.4 is 11.1 Å². The molecule has 4 atom stereocenters. The van der Waals surface area contributed by atoms with Crippen LogP contribution in [0.15, 0.2) is 12.7 Å². The summed E-state index contributed by atoms with van der Waals surface area (Å²) >= 11 is 0. The summed E-state index contributed by atoms with van der Waals surface area (Å²) in [5, 5.41) is 24.1. The Morgan fingerprint density at radius 2 is 2.04 bits per heavy atom. The van der Waals surface area contributed by atoms with E-state index in [4.69, 9.17) is 10.5 Å². The van der Waals surface area contributed by atoms with Crippen molar-refractivity contribution in [3.8, 4) is 0 Å². The Bertz CT molecular complexity index is 732. The molecule has 136 valence electrons. The molecule has 1 saturated heterocycles. The zero-order valence-corrected chi connectivity index (χ0v) is 14.0. The molecule has 4 rings (SSSR count). The first-order valence-corrected chi connectivity index (χ1v) is 8.82. The second kappa shape index (κ2) is 6.83. The number of imidazole rings is 1. The van der Waals surface area contributed by atoms with Crippen LogP contribution in [0.4, 0.5) is 5.82 Å². The molecule has 0 unspecified atom stereocenters. The van der Waals surface area contributed by atoms with Crippen molar-refractivity contribution < 1.29 is 14.9 Å². The lowest BCUT2D eigenvalue weighted by Crippen LogP contribution is -2.50. The second-order valence-electron chi connectivity index (χ2n) is 6.85. The van der Waals surface area contributed by atoms with Crippen LogP contribution in [0.25, 0.3) is 11.2 Å². The molecule has 9 heteroatoms. The van der Waals surface area contributed by atoms with Gasteiger partial charge in [-0.1, -0.05) is 19.3 Å². The van der Waals surface area contributed by atoms with Crippen LogP contribution in [0.3, 0.4) is 0 Å². The smallest absolute Gasteiger partial charge is 0.167 e. The summed E-state index contributed by atoms with van der Waals surface area (Å²) in [7, 11) is 0. The average Bonchev–Trinajstić information content (AvgIpc) is 3.19. The topological polar surface area (TPSA) is 131 Å². The van der Waals surface area contributed by atoms with Crippen LogP contribution in [0.1, 0.15) is 38.3 Å². The van der Waals surface area contributed by atoms with E-state index in [0.29, 0.717) is 17.2 Å². The normalized spacial score (nSPS) is 31.0. The first kappa shape index (κ1) is 16.6. The lowest BCUT2D eigenvalue weighted by atomic mass is 9.93. The van der Waals surface area contributed by atoms with Gasteiger partial charge in [0, 0.05) is 6.04 Å². The third kappa shape index (κ3) is 2.97. The number of aromatic nitrogens is 4. The van der Waals surface area contributed by atoms with Crippen molar-refractivity contribution in [1.82, 2.24) is 24.8 Å². The number of aliphatic hydroxyl groups excluding tert-OH is 2. The number of ether oxygens (including phenoxy) is 1. The van der Waals surface area contributed by atoms with Gasteiger partial charge >= 0.3 is 0 Å². The van der Waals surface area contributed by atoms with Gasteiger partial charge in [-0.2, -0.15) is 0 Å². The molecule has 5 N–H and O–H groups in total. The molecule has 0 aromatic carbocycles. The molecule has 1 aliphatic heterocycles. The Labute approximate surface area is 145 Å². The SMILES string of the molecule is Nc1ncnc2c1ncn2[C@@H]1O[C@H](CO)[C@@H](NC2CCCCC2)[C@@H]1O. The molecule has 2 fully saturated rings. The fourth-order valence-electron chi connectivity index (χ4n) is 3.93. The van der Waals surface area contributed by atoms with E-state index in [1.807, 2.05) is 0 Å². The number of hydrogen-bond acceptors (Lipinski definition) is 8. The molecule has 0 radical (unpaired) electrons. The third-order valence-electron chi connectivity index (χ3n) is 5.25. The van der Waals surface area contributed by atoms with Gasteiger partial charge in [0.05, 0.1) is 19.0 Å². The van der Waals surface area contributed by atoms with Crippen LogP contribution in [0.5, 0.6) is 0 Å². The van der Waals surface area contributed by atoms with Gasteiger partial charge < -0.3 is 26.0 Å². The van der Waals surface area contributed by atoms with Crippen molar-refractivity contribution in [2.45, 2.75) is 62.6 Å². The van der Waals surface area contributed by atoms with E-state index in [1.165, 1.54) is 25.6 Å². The summed E-state index contributed by atoms with van der Waals surface area (Å²) in [6.07, 6.45) is 6.72. The maximum atomic E-state index is 10.9. The molecule has 0 amide bonds. The first-order chi connectivity index (χ1) is 12.2. The Morgan fingerprint density at radius 1 is 1.24 bits per heavy atom. The number of rotatable bonds is 4. The number of nitrogens with two attached hydrogens (primary N) is 1. The maximum Gasteiger partial charge on any atom is 0.167 e. The largest absolute Gasteiger partial charge is 0.394 e. The monoisotopic (exact) mass is 348 g/mol. The highest BCUT2D eigenvalue weighted by Gasteiger charge is 2.45. The van der Waals surface area contributed by atoms with Crippen LogP contribution in [0, 0.1) is 0 Å². The number of anilines is 1. The van der Waals surface area contributed by atoms with Gasteiger partial charge in [-0.05, 0) is 12.8 Å². The van der Waals surface area contributed by atoms with Crippen molar-refractivity contribution >= 4 is 17.0 Å². The van der Waals surface area contributed by atoms with Crippen molar-refractivity contribution in [2.75, 3.05) is 12.3 Å². The third-order valence-corrected chi connectivity index (χ3v) is 5.25. The van der Waals surface area contributed by atoms with Crippen molar-refractivity contribution in [3.63, 3.8) is 0 Å². The van der Waals surface area contributed by atoms with Gasteiger partial charge in [0.25, 0.3) is 0 Å². The predicted octanol–water partition coefficient (Wildman–Crippen LogP) is -0.0500. The lowest BCUT2D eigenvalue weighted by Gasteiger charge is -2.29. The summed E-state index contributed by atoms with van der Waals surface area (Å²) < 4.78 is 7.58. The fraction of sp³-hybridized carbons (Fsp3) is 0.688. The van der Waals surface area contributed by atoms with E-state index in [2.05, 4.69) is 20.3 Å². The quantitative estimate of drug-likeness (QED) is 0.605. The Hall–Kier alpha value is -1.81. The van der Waals surface area contributed by atoms with Crippen molar-refractivity contribution in [2.24, 2.45) is 0 Å². The maximum absolute atomic E-state index is 10.9. The number of nitrogen functional groups attached to an aromatic ring is 1. The summed E-state index contributed by atoms with van der Waals surface area (Å²) in [5.74, 6) is 0.284. The highest BCUT2D eigenvalue weighted by Crippen LogP contribution is 2.33. The molecule has 1 saturated carbocycles. The summed E-state index contributed by atoms with van der Waals surface area (Å²) in [6, 6.07) is 0.0111. The lowest BCUT2D eigenvalue weighted by molar-refractivity contribution is -0.0490. The number of nitrogens with one attached hydrogen (secondary N) is 1. The van der Waals surface area contributed by atoms with Crippen LogP contribution in [-0.4, -0.2) is 60.6 Å². The summed E-state index contributed by atoms with van der Waals surface area (Å²) in [5.41, 5.74) is 6.81. The van der Waals surface area contributed by atoms with E-state index in [1.54, 1.807) is 10.9 Å². The molecule has 3 heterocycles. The molecule has 2 aliphatic rings. The molecular weight excluding hydrogens is 324 g/mol. The Balaban J connectivity index is 1.59. The minimum atomic E-state index is -0.826. The van der Waals surface area contributed by atoms with Gasteiger partial charge in [-0.15, -0.1) is 0 Å². The number of hydrogen-bond donors (Lipinski definition) is 4. The standard InChI is InChI=1S/C16H24N6O3/c17-14-12-15(19-7-18-14)22(8-20-12)16-13(24)11(10(6-23)25-16)21-9-4-2-1-3-5-9/h7-11,13,16,21,23-24H,1-6H2,(H2,17,18,19)/t10-,11-,13+,16-/m1/s1. The predicted molar refractivity (Wildman–Crippen MR) is 90.5 cm³/mol. The molecular formula is C16H24N6O3. The zero-order valence-electron chi connectivity index (χ0n) is 14.0. The van der Waals surface area contributed by atoms with E-state index in [0.717, 1.165) is 12.8 Å². The van der Waals surface area contributed by atoms with Crippen molar-refractivity contribution in [3.05, 3.63) is 12.7 Å². The van der Waals surface area contributed by atoms with Gasteiger partial charge in [0.15, 0.2) is 17.7 Å². The van der Waals surface area contributed by atoms with E-state index in [9.17, 15) is 10.2 Å². The number of nitrogens with zero attached hydrogens (tertiary/aromatic N) is 4. The van der Waals surface area contributed by atoms with E-state index >= 15 is 0 Å². The zero-order chi connectivity index (χ0) is 17.4. The number of aliphatic hydroxyl groups is 2.